The molecule has 1 fully saturated rings. The summed E-state index contributed by atoms with van der Waals surface area (Å²) in [4.78, 5) is 31.8. The van der Waals surface area contributed by atoms with Crippen LogP contribution in [0, 0.1) is 20.8 Å². The molecule has 1 aliphatic rings. The largest absolute Gasteiger partial charge is 0.316 e. The molecule has 1 aliphatic heterocycles. The molecule has 1 saturated heterocycles. The summed E-state index contributed by atoms with van der Waals surface area (Å²) in [6.45, 7) is 6.46. The minimum Gasteiger partial charge on any atom is -0.316 e. The second kappa shape index (κ2) is 7.60. The van der Waals surface area contributed by atoms with Crippen molar-refractivity contribution in [3.8, 4) is 0 Å². The number of amides is 1. The summed E-state index contributed by atoms with van der Waals surface area (Å²) in [7, 11) is -3.54. The van der Waals surface area contributed by atoms with E-state index in [0.717, 1.165) is 23.4 Å². The Balaban J connectivity index is 1.62. The number of carbonyl (C=O) groups excluding carboxylic acids is 1. The Morgan fingerprint density at radius 3 is 2.37 bits per heavy atom. The minimum atomic E-state index is -3.54. The normalized spacial score (nSPS) is 15.0. The molecule has 2 aromatic heterocycles. The predicted molar refractivity (Wildman–Crippen MR) is 116 cm³/mol. The molecule has 3 aromatic rings. The van der Waals surface area contributed by atoms with Gasteiger partial charge in [-0.3, -0.25) is 14.0 Å². The molecule has 1 aromatic carbocycles. The van der Waals surface area contributed by atoms with Crippen LogP contribution in [0.15, 0.2) is 34.0 Å². The lowest BCUT2D eigenvalue weighted by Gasteiger charge is -2.15. The zero-order valence-corrected chi connectivity index (χ0v) is 18.6. The molecule has 0 aliphatic carbocycles. The van der Waals surface area contributed by atoms with Crippen LogP contribution in [0.25, 0.3) is 4.96 Å². The van der Waals surface area contributed by atoms with Crippen LogP contribution in [0.3, 0.4) is 0 Å². The molecule has 0 spiro atoms. The monoisotopic (exact) mass is 446 g/mol. The summed E-state index contributed by atoms with van der Waals surface area (Å²) in [5.41, 5.74) is 1.27. The Morgan fingerprint density at radius 1 is 1.10 bits per heavy atom. The molecule has 1 N–H and O–H groups in total. The molecular weight excluding hydrogens is 424 g/mol. The predicted octanol–water partition coefficient (Wildman–Crippen LogP) is 2.72. The molecular formula is C20H22N4O4S2. The van der Waals surface area contributed by atoms with Crippen LogP contribution in [0.5, 0.6) is 0 Å². The van der Waals surface area contributed by atoms with Crippen molar-refractivity contribution in [3.63, 3.8) is 0 Å². The van der Waals surface area contributed by atoms with E-state index in [1.165, 1.54) is 44.3 Å². The van der Waals surface area contributed by atoms with E-state index in [1.807, 2.05) is 13.8 Å². The molecule has 1 amide bonds. The van der Waals surface area contributed by atoms with Crippen LogP contribution < -0.4 is 10.9 Å². The van der Waals surface area contributed by atoms with E-state index in [2.05, 4.69) is 10.3 Å². The van der Waals surface area contributed by atoms with Gasteiger partial charge in [-0.25, -0.2) is 13.4 Å². The second-order valence-electron chi connectivity index (χ2n) is 7.33. The van der Waals surface area contributed by atoms with Gasteiger partial charge in [0, 0.05) is 29.2 Å². The summed E-state index contributed by atoms with van der Waals surface area (Å²) in [6.07, 6.45) is 1.71. The van der Waals surface area contributed by atoms with Gasteiger partial charge in [-0.2, -0.15) is 4.31 Å². The average Bonchev–Trinajstić information content (AvgIpc) is 3.34. The number of carbonyl (C=O) groups is 1. The summed E-state index contributed by atoms with van der Waals surface area (Å²) < 4.78 is 28.2. The summed E-state index contributed by atoms with van der Waals surface area (Å²) in [5.74, 6) is -0.494. The van der Waals surface area contributed by atoms with Crippen LogP contribution in [-0.4, -0.2) is 41.1 Å². The van der Waals surface area contributed by atoms with Crippen LogP contribution in [0.2, 0.25) is 0 Å². The van der Waals surface area contributed by atoms with Gasteiger partial charge >= 0.3 is 0 Å². The Labute approximate surface area is 178 Å². The molecule has 158 valence electrons. The van der Waals surface area contributed by atoms with Gasteiger partial charge in [-0.1, -0.05) is 0 Å². The number of hydrogen-bond donors (Lipinski definition) is 1. The highest BCUT2D eigenvalue weighted by Gasteiger charge is 2.27. The van der Waals surface area contributed by atoms with Gasteiger partial charge in [0.2, 0.25) is 10.0 Å². The standard InChI is InChI=1S/C20H22N4O4S2/c1-12-17(19(26)24-13(2)14(3)29-20(24)21-12)22-18(25)15-6-8-16(9-7-15)30(27,28)23-10-4-5-11-23/h6-9H,4-5,10-11H2,1-3H3,(H,22,25). The van der Waals surface area contributed by atoms with Crippen molar-refractivity contribution in [1.82, 2.24) is 13.7 Å². The van der Waals surface area contributed by atoms with Crippen LogP contribution in [0.1, 0.15) is 39.5 Å². The molecule has 30 heavy (non-hydrogen) atoms. The van der Waals surface area contributed by atoms with Crippen molar-refractivity contribution >= 4 is 37.9 Å². The highest BCUT2D eigenvalue weighted by atomic mass is 32.2. The van der Waals surface area contributed by atoms with Gasteiger partial charge in [0.05, 0.1) is 10.6 Å². The first-order chi connectivity index (χ1) is 14.2. The first kappa shape index (κ1) is 20.7. The maximum absolute atomic E-state index is 12.9. The quantitative estimate of drug-likeness (QED) is 0.664. The molecule has 4 rings (SSSR count). The van der Waals surface area contributed by atoms with Crippen molar-refractivity contribution < 1.29 is 13.2 Å². The lowest BCUT2D eigenvalue weighted by molar-refractivity contribution is 0.102. The van der Waals surface area contributed by atoms with Gasteiger partial charge in [-0.05, 0) is 57.9 Å². The van der Waals surface area contributed by atoms with Gasteiger partial charge < -0.3 is 5.32 Å². The maximum atomic E-state index is 12.9. The third-order valence-corrected chi connectivity index (χ3v) is 8.35. The Morgan fingerprint density at radius 2 is 1.73 bits per heavy atom. The summed E-state index contributed by atoms with van der Waals surface area (Å²) in [5, 5.41) is 2.65. The van der Waals surface area contributed by atoms with Crippen molar-refractivity contribution in [1.29, 1.82) is 0 Å². The van der Waals surface area contributed by atoms with E-state index >= 15 is 0 Å². The lowest BCUT2D eigenvalue weighted by atomic mass is 10.2. The molecule has 0 unspecified atom stereocenters. The van der Waals surface area contributed by atoms with Gasteiger partial charge in [0.1, 0.15) is 5.69 Å². The minimum absolute atomic E-state index is 0.118. The van der Waals surface area contributed by atoms with E-state index in [-0.39, 0.29) is 21.7 Å². The smallest absolute Gasteiger partial charge is 0.282 e. The van der Waals surface area contributed by atoms with Gasteiger partial charge in [-0.15, -0.1) is 11.3 Å². The average molecular weight is 447 g/mol. The first-order valence-corrected chi connectivity index (χ1v) is 11.9. The van der Waals surface area contributed by atoms with Crippen LogP contribution >= 0.6 is 11.3 Å². The van der Waals surface area contributed by atoms with E-state index < -0.39 is 15.9 Å². The number of aromatic nitrogens is 2. The number of fused-ring (bicyclic) bond motifs is 1. The number of aryl methyl sites for hydroxylation is 3. The third-order valence-electron chi connectivity index (χ3n) is 5.38. The zero-order chi connectivity index (χ0) is 21.6. The highest BCUT2D eigenvalue weighted by Crippen LogP contribution is 2.23. The molecule has 3 heterocycles. The second-order valence-corrected chi connectivity index (χ2v) is 10.4. The fourth-order valence-electron chi connectivity index (χ4n) is 3.52. The first-order valence-electron chi connectivity index (χ1n) is 9.61. The summed E-state index contributed by atoms with van der Waals surface area (Å²) >= 11 is 1.42. The van der Waals surface area contributed by atoms with Crippen LogP contribution in [0.4, 0.5) is 5.69 Å². The van der Waals surface area contributed by atoms with E-state index in [1.54, 1.807) is 6.92 Å². The lowest BCUT2D eigenvalue weighted by Crippen LogP contribution is -2.28. The zero-order valence-electron chi connectivity index (χ0n) is 16.9. The molecule has 0 atom stereocenters. The maximum Gasteiger partial charge on any atom is 0.282 e. The highest BCUT2D eigenvalue weighted by molar-refractivity contribution is 7.89. The third kappa shape index (κ3) is 3.44. The topological polar surface area (TPSA) is 101 Å². The Hall–Kier alpha value is -2.56. The number of sulfonamides is 1. The van der Waals surface area contributed by atoms with E-state index in [0.29, 0.717) is 23.7 Å². The van der Waals surface area contributed by atoms with Crippen LogP contribution in [-0.2, 0) is 10.0 Å². The van der Waals surface area contributed by atoms with Crippen molar-refractivity contribution in [2.75, 3.05) is 18.4 Å². The SMILES string of the molecule is Cc1nc2sc(C)c(C)n2c(=O)c1NC(=O)c1ccc(S(=O)(=O)N2CCCC2)cc1. The number of hydrogen-bond acceptors (Lipinski definition) is 6. The van der Waals surface area contributed by atoms with Gasteiger partial charge in [0.25, 0.3) is 11.5 Å². The number of nitrogens with one attached hydrogen (secondary N) is 1. The fourth-order valence-corrected chi connectivity index (χ4v) is 6.04. The molecule has 8 nitrogen and oxygen atoms in total. The Bertz CT molecular complexity index is 1300. The number of rotatable bonds is 4. The van der Waals surface area contributed by atoms with Gasteiger partial charge in [0.15, 0.2) is 4.96 Å². The summed E-state index contributed by atoms with van der Waals surface area (Å²) in [6, 6.07) is 5.76. The van der Waals surface area contributed by atoms with Crippen molar-refractivity contribution in [2.45, 2.75) is 38.5 Å². The van der Waals surface area contributed by atoms with Crippen molar-refractivity contribution in [3.05, 3.63) is 56.4 Å². The molecule has 0 saturated carbocycles. The molecule has 0 radical (unpaired) electrons. The number of benzene rings is 1. The fraction of sp³-hybridized carbons (Fsp3) is 0.350. The van der Waals surface area contributed by atoms with E-state index in [9.17, 15) is 18.0 Å². The Kier molecular flexibility index (Phi) is 5.25. The van der Waals surface area contributed by atoms with E-state index in [4.69, 9.17) is 0 Å². The van der Waals surface area contributed by atoms with Crippen molar-refractivity contribution in [2.24, 2.45) is 0 Å². The molecule has 10 heteroatoms. The number of anilines is 1. The number of nitrogens with zero attached hydrogens (tertiary/aromatic N) is 3. The molecule has 0 bridgehead atoms. The number of thiazole rings is 1.